The van der Waals surface area contributed by atoms with Gasteiger partial charge in [0.1, 0.15) is 5.75 Å². The van der Waals surface area contributed by atoms with Crippen molar-refractivity contribution in [2.45, 2.75) is 12.8 Å². The largest absolute Gasteiger partial charge is 0.508 e. The van der Waals surface area contributed by atoms with E-state index in [1.807, 2.05) is 6.07 Å². The molecule has 1 aromatic carbocycles. The Morgan fingerprint density at radius 3 is 2.89 bits per heavy atom. The molecule has 19 heavy (non-hydrogen) atoms. The van der Waals surface area contributed by atoms with Gasteiger partial charge in [-0.1, -0.05) is 29.8 Å². The Labute approximate surface area is 113 Å². The summed E-state index contributed by atoms with van der Waals surface area (Å²) in [5.74, 6) is 0.123. The molecule has 0 spiro atoms. The second-order valence-electron chi connectivity index (χ2n) is 4.96. The van der Waals surface area contributed by atoms with Crippen LogP contribution in [-0.4, -0.2) is 42.6 Å². The van der Waals surface area contributed by atoms with Crippen LogP contribution >= 0.6 is 0 Å². The Kier molecular flexibility index (Phi) is 4.58. The lowest BCUT2D eigenvalue weighted by Crippen LogP contribution is -2.31. The number of phenolic OH excluding ortho intramolecular Hbond substituents is 1. The molecule has 2 rings (SSSR count). The molecule has 1 aliphatic rings. The highest BCUT2D eigenvalue weighted by molar-refractivity contribution is 5.79. The first-order valence-corrected chi connectivity index (χ1v) is 6.55. The molecule has 4 heteroatoms. The maximum Gasteiger partial charge on any atom is 0.224 e. The van der Waals surface area contributed by atoms with Gasteiger partial charge >= 0.3 is 0 Å². The Morgan fingerprint density at radius 1 is 1.42 bits per heavy atom. The third-order valence-corrected chi connectivity index (χ3v) is 3.36. The number of hydrogen-bond donors (Lipinski definition) is 2. The molecule has 0 saturated carbocycles. The first-order chi connectivity index (χ1) is 9.15. The fraction of sp³-hybridized carbons (Fsp3) is 0.400. The van der Waals surface area contributed by atoms with Gasteiger partial charge in [0.05, 0.1) is 6.42 Å². The number of rotatable bonds is 4. The average molecular weight is 260 g/mol. The summed E-state index contributed by atoms with van der Waals surface area (Å²) in [6, 6.07) is 6.94. The van der Waals surface area contributed by atoms with Crippen LogP contribution in [0.15, 0.2) is 35.9 Å². The zero-order chi connectivity index (χ0) is 13.7. The number of para-hydroxylation sites is 1. The molecule has 102 valence electrons. The highest BCUT2D eigenvalue weighted by atomic mass is 16.3. The van der Waals surface area contributed by atoms with Crippen molar-refractivity contribution in [3.05, 3.63) is 41.5 Å². The quantitative estimate of drug-likeness (QED) is 0.803. The van der Waals surface area contributed by atoms with Gasteiger partial charge in [0, 0.05) is 25.2 Å². The normalized spacial score (nSPS) is 15.9. The molecule has 0 aliphatic carbocycles. The predicted octanol–water partition coefficient (Wildman–Crippen LogP) is 1.31. The number of carbonyl (C=O) groups excluding carboxylic acids is 1. The lowest BCUT2D eigenvalue weighted by atomic mass is 10.1. The van der Waals surface area contributed by atoms with Gasteiger partial charge in [-0.3, -0.25) is 4.79 Å². The van der Waals surface area contributed by atoms with Crippen molar-refractivity contribution in [1.82, 2.24) is 10.2 Å². The first kappa shape index (κ1) is 13.6. The van der Waals surface area contributed by atoms with Gasteiger partial charge in [-0.05, 0) is 19.5 Å². The van der Waals surface area contributed by atoms with Crippen LogP contribution in [0.25, 0.3) is 0 Å². The molecule has 0 bridgehead atoms. The standard InChI is InChI=1S/C15H20N2O2/c1-17-8-6-12(7-9-17)11-16-15(19)10-13-4-2-3-5-14(13)18/h2-6,18H,7-11H2,1H3,(H,16,19). The zero-order valence-corrected chi connectivity index (χ0v) is 11.2. The summed E-state index contributed by atoms with van der Waals surface area (Å²) in [6.45, 7) is 2.60. The van der Waals surface area contributed by atoms with Crippen molar-refractivity contribution in [3.63, 3.8) is 0 Å². The van der Waals surface area contributed by atoms with E-state index >= 15 is 0 Å². The lowest BCUT2D eigenvalue weighted by molar-refractivity contribution is -0.120. The van der Waals surface area contributed by atoms with Crippen LogP contribution < -0.4 is 5.32 Å². The number of benzene rings is 1. The number of likely N-dealkylation sites (N-methyl/N-ethyl adjacent to an activating group) is 1. The predicted molar refractivity (Wildman–Crippen MR) is 75.0 cm³/mol. The third kappa shape index (κ3) is 4.10. The number of phenols is 1. The van der Waals surface area contributed by atoms with Crippen molar-refractivity contribution in [2.24, 2.45) is 0 Å². The summed E-state index contributed by atoms with van der Waals surface area (Å²) in [5, 5.41) is 12.5. The second-order valence-corrected chi connectivity index (χ2v) is 4.96. The summed E-state index contributed by atoms with van der Waals surface area (Å²) in [4.78, 5) is 14.1. The monoisotopic (exact) mass is 260 g/mol. The summed E-state index contributed by atoms with van der Waals surface area (Å²) in [6.07, 6.45) is 3.40. The molecule has 0 fully saturated rings. The van der Waals surface area contributed by atoms with Crippen molar-refractivity contribution >= 4 is 5.91 Å². The van der Waals surface area contributed by atoms with Crippen LogP contribution in [0.5, 0.6) is 5.75 Å². The maximum absolute atomic E-state index is 11.8. The molecule has 0 saturated heterocycles. The molecule has 1 heterocycles. The molecule has 1 aliphatic heterocycles. The van der Waals surface area contributed by atoms with Gasteiger partial charge in [-0.15, -0.1) is 0 Å². The van der Waals surface area contributed by atoms with E-state index in [-0.39, 0.29) is 18.1 Å². The Hall–Kier alpha value is -1.81. The van der Waals surface area contributed by atoms with Gasteiger partial charge in [-0.2, -0.15) is 0 Å². The van der Waals surface area contributed by atoms with Gasteiger partial charge in [0.15, 0.2) is 0 Å². The van der Waals surface area contributed by atoms with Gasteiger partial charge in [-0.25, -0.2) is 0 Å². The summed E-state index contributed by atoms with van der Waals surface area (Å²) < 4.78 is 0. The van der Waals surface area contributed by atoms with Crippen LogP contribution in [0.2, 0.25) is 0 Å². The minimum Gasteiger partial charge on any atom is -0.508 e. The van der Waals surface area contributed by atoms with E-state index in [0.717, 1.165) is 19.5 Å². The van der Waals surface area contributed by atoms with E-state index in [0.29, 0.717) is 12.1 Å². The van der Waals surface area contributed by atoms with E-state index in [2.05, 4.69) is 23.3 Å². The highest BCUT2D eigenvalue weighted by Crippen LogP contribution is 2.16. The van der Waals surface area contributed by atoms with Crippen LogP contribution in [0.3, 0.4) is 0 Å². The van der Waals surface area contributed by atoms with E-state index in [4.69, 9.17) is 0 Å². The first-order valence-electron chi connectivity index (χ1n) is 6.55. The fourth-order valence-corrected chi connectivity index (χ4v) is 2.08. The van der Waals surface area contributed by atoms with Gasteiger partial charge in [0.2, 0.25) is 5.91 Å². The van der Waals surface area contributed by atoms with Crippen LogP contribution in [0.1, 0.15) is 12.0 Å². The molecule has 0 unspecified atom stereocenters. The fourth-order valence-electron chi connectivity index (χ4n) is 2.08. The van der Waals surface area contributed by atoms with Crippen LogP contribution in [0.4, 0.5) is 0 Å². The summed E-state index contributed by atoms with van der Waals surface area (Å²) in [5.41, 5.74) is 1.95. The molecular formula is C15H20N2O2. The second kappa shape index (κ2) is 6.38. The lowest BCUT2D eigenvalue weighted by Gasteiger charge is -2.22. The molecule has 1 amide bonds. The molecule has 0 radical (unpaired) electrons. The molecule has 1 aromatic rings. The maximum atomic E-state index is 11.8. The van der Waals surface area contributed by atoms with Gasteiger partial charge in [0.25, 0.3) is 0 Å². The SMILES string of the molecule is CN1CC=C(CNC(=O)Cc2ccccc2O)CC1. The minimum atomic E-state index is -0.0543. The number of nitrogens with one attached hydrogen (secondary N) is 1. The van der Waals surface area contributed by atoms with E-state index in [1.165, 1.54) is 5.57 Å². The van der Waals surface area contributed by atoms with Crippen molar-refractivity contribution in [1.29, 1.82) is 0 Å². The van der Waals surface area contributed by atoms with Crippen molar-refractivity contribution in [3.8, 4) is 5.75 Å². The van der Waals surface area contributed by atoms with Crippen molar-refractivity contribution in [2.75, 3.05) is 26.7 Å². The number of carbonyl (C=O) groups is 1. The smallest absolute Gasteiger partial charge is 0.224 e. The molecular weight excluding hydrogens is 240 g/mol. The summed E-state index contributed by atoms with van der Waals surface area (Å²) in [7, 11) is 2.09. The Bertz CT molecular complexity index is 483. The van der Waals surface area contributed by atoms with Crippen LogP contribution in [-0.2, 0) is 11.2 Å². The van der Waals surface area contributed by atoms with Crippen molar-refractivity contribution < 1.29 is 9.90 Å². The number of nitrogens with zero attached hydrogens (tertiary/aromatic N) is 1. The number of amides is 1. The number of aromatic hydroxyl groups is 1. The summed E-state index contributed by atoms with van der Waals surface area (Å²) >= 11 is 0. The number of hydrogen-bond acceptors (Lipinski definition) is 3. The minimum absolute atomic E-state index is 0.0543. The van der Waals surface area contributed by atoms with E-state index in [1.54, 1.807) is 18.2 Å². The highest BCUT2D eigenvalue weighted by Gasteiger charge is 2.10. The van der Waals surface area contributed by atoms with Gasteiger partial charge < -0.3 is 15.3 Å². The molecule has 2 N–H and O–H groups in total. The Balaban J connectivity index is 1.81. The molecule has 0 aromatic heterocycles. The Morgan fingerprint density at radius 2 is 2.21 bits per heavy atom. The molecule has 0 atom stereocenters. The average Bonchev–Trinajstić information content (AvgIpc) is 2.41. The zero-order valence-electron chi connectivity index (χ0n) is 11.2. The third-order valence-electron chi connectivity index (χ3n) is 3.36. The topological polar surface area (TPSA) is 52.6 Å². The van der Waals surface area contributed by atoms with E-state index < -0.39 is 0 Å². The molecule has 4 nitrogen and oxygen atoms in total. The van der Waals surface area contributed by atoms with Crippen LogP contribution in [0, 0.1) is 0 Å². The van der Waals surface area contributed by atoms with E-state index in [9.17, 15) is 9.90 Å².